The Balaban J connectivity index is 1.81. The van der Waals surface area contributed by atoms with Crippen molar-refractivity contribution in [1.29, 1.82) is 0 Å². The van der Waals surface area contributed by atoms with Gasteiger partial charge < -0.3 is 9.64 Å². The van der Waals surface area contributed by atoms with Crippen molar-refractivity contribution in [2.45, 2.75) is 32.1 Å². The molecule has 3 heteroatoms. The van der Waals surface area contributed by atoms with Crippen LogP contribution in [0.2, 0.25) is 0 Å². The summed E-state index contributed by atoms with van der Waals surface area (Å²) < 4.78 is 5.26. The molecule has 0 amide bonds. The van der Waals surface area contributed by atoms with Crippen molar-refractivity contribution in [3.63, 3.8) is 0 Å². The van der Waals surface area contributed by atoms with E-state index < -0.39 is 0 Å². The van der Waals surface area contributed by atoms with E-state index in [1.54, 1.807) is 0 Å². The van der Waals surface area contributed by atoms with Gasteiger partial charge in [-0.15, -0.1) is 0 Å². The largest absolute Gasteiger partial charge is 0.384 e. The predicted octanol–water partition coefficient (Wildman–Crippen LogP) is 2.91. The van der Waals surface area contributed by atoms with E-state index in [0.29, 0.717) is 5.41 Å². The molecule has 0 aromatic rings. The van der Waals surface area contributed by atoms with Gasteiger partial charge in [-0.25, -0.2) is 0 Å². The number of hydrogen-bond donors (Lipinski definition) is 0. The summed E-state index contributed by atoms with van der Waals surface area (Å²) in [6, 6.07) is 0. The molecule has 1 aliphatic heterocycles. The summed E-state index contributed by atoms with van der Waals surface area (Å²) in [5.74, 6) is 0.777. The van der Waals surface area contributed by atoms with Crippen LogP contribution in [-0.4, -0.2) is 43.6 Å². The monoisotopic (exact) mass is 289 g/mol. The van der Waals surface area contributed by atoms with E-state index in [0.717, 1.165) is 12.5 Å². The third-order valence-corrected chi connectivity index (χ3v) is 5.47. The van der Waals surface area contributed by atoms with E-state index in [1.807, 2.05) is 7.11 Å². The Hall–Kier alpha value is 0.400. The van der Waals surface area contributed by atoms with Crippen molar-refractivity contribution in [3.8, 4) is 0 Å². The minimum Gasteiger partial charge on any atom is -0.384 e. The van der Waals surface area contributed by atoms with Crippen LogP contribution in [0, 0.1) is 11.3 Å². The maximum absolute atomic E-state index is 5.26. The number of ether oxygens (including phenoxy) is 1. The zero-order valence-corrected chi connectivity index (χ0v) is 12.0. The van der Waals surface area contributed by atoms with Gasteiger partial charge in [0, 0.05) is 25.5 Å². The molecule has 94 valence electrons. The van der Waals surface area contributed by atoms with Gasteiger partial charge >= 0.3 is 0 Å². The third kappa shape index (κ3) is 2.99. The third-order valence-electron chi connectivity index (χ3n) is 4.28. The highest BCUT2D eigenvalue weighted by Crippen LogP contribution is 2.41. The van der Waals surface area contributed by atoms with E-state index in [1.165, 1.54) is 57.1 Å². The number of alkyl halides is 1. The van der Waals surface area contributed by atoms with Gasteiger partial charge in [0.25, 0.3) is 0 Å². The lowest BCUT2D eigenvalue weighted by molar-refractivity contribution is 0.144. The van der Waals surface area contributed by atoms with Crippen molar-refractivity contribution in [2.24, 2.45) is 11.3 Å². The van der Waals surface area contributed by atoms with Crippen LogP contribution >= 0.6 is 15.9 Å². The Bertz CT molecular complexity index is 216. The number of hydrogen-bond acceptors (Lipinski definition) is 2. The summed E-state index contributed by atoms with van der Waals surface area (Å²) >= 11 is 3.74. The number of likely N-dealkylation sites (tertiary alicyclic amines) is 1. The normalized spacial score (nSPS) is 30.0. The Morgan fingerprint density at radius 3 is 2.75 bits per heavy atom. The van der Waals surface area contributed by atoms with Gasteiger partial charge in [0.15, 0.2) is 0 Å². The van der Waals surface area contributed by atoms with Crippen LogP contribution in [0.25, 0.3) is 0 Å². The zero-order valence-electron chi connectivity index (χ0n) is 10.4. The highest BCUT2D eigenvalue weighted by atomic mass is 79.9. The van der Waals surface area contributed by atoms with Gasteiger partial charge in [0.1, 0.15) is 0 Å². The lowest BCUT2D eigenvalue weighted by Gasteiger charge is -2.31. The minimum absolute atomic E-state index is 0.585. The first-order chi connectivity index (χ1) is 7.78. The lowest BCUT2D eigenvalue weighted by Crippen LogP contribution is -2.36. The van der Waals surface area contributed by atoms with Crippen LogP contribution < -0.4 is 0 Å². The van der Waals surface area contributed by atoms with Crippen molar-refractivity contribution >= 4 is 15.9 Å². The summed E-state index contributed by atoms with van der Waals surface area (Å²) in [6.45, 7) is 4.78. The molecule has 2 fully saturated rings. The summed E-state index contributed by atoms with van der Waals surface area (Å²) in [5.41, 5.74) is 0.585. The van der Waals surface area contributed by atoms with Crippen LogP contribution in [0.1, 0.15) is 32.1 Å². The molecule has 1 atom stereocenters. The topological polar surface area (TPSA) is 12.5 Å². The Kier molecular flexibility index (Phi) is 4.68. The van der Waals surface area contributed by atoms with Crippen molar-refractivity contribution in [2.75, 3.05) is 38.7 Å². The van der Waals surface area contributed by atoms with Crippen molar-refractivity contribution < 1.29 is 4.74 Å². The van der Waals surface area contributed by atoms with Gasteiger partial charge in [-0.3, -0.25) is 0 Å². The van der Waals surface area contributed by atoms with E-state index in [9.17, 15) is 0 Å². The smallest absolute Gasteiger partial charge is 0.0503 e. The molecule has 16 heavy (non-hydrogen) atoms. The number of halogens is 1. The molecule has 1 unspecified atom stereocenters. The molecule has 0 spiro atoms. The molecule has 0 bridgehead atoms. The Morgan fingerprint density at radius 1 is 1.38 bits per heavy atom. The SMILES string of the molecule is COCC1CCN(CC2(CBr)CCCC2)C1. The second-order valence-electron chi connectivity index (χ2n) is 5.69. The molecule has 1 saturated carbocycles. The van der Waals surface area contributed by atoms with Crippen LogP contribution in [-0.2, 0) is 4.74 Å². The van der Waals surface area contributed by atoms with Crippen LogP contribution in [0.15, 0.2) is 0 Å². The summed E-state index contributed by atoms with van der Waals surface area (Å²) in [6.07, 6.45) is 7.03. The second kappa shape index (κ2) is 5.83. The maximum atomic E-state index is 5.26. The Morgan fingerprint density at radius 2 is 2.12 bits per heavy atom. The minimum atomic E-state index is 0.585. The first-order valence-corrected chi connectivity index (χ1v) is 7.67. The number of rotatable bonds is 5. The van der Waals surface area contributed by atoms with E-state index >= 15 is 0 Å². The number of nitrogens with zero attached hydrogens (tertiary/aromatic N) is 1. The first-order valence-electron chi connectivity index (χ1n) is 6.55. The van der Waals surface area contributed by atoms with Gasteiger partial charge in [-0.1, -0.05) is 28.8 Å². The summed E-state index contributed by atoms with van der Waals surface area (Å²) in [4.78, 5) is 2.66. The highest BCUT2D eigenvalue weighted by Gasteiger charge is 2.36. The lowest BCUT2D eigenvalue weighted by atomic mass is 9.88. The van der Waals surface area contributed by atoms with Crippen molar-refractivity contribution in [1.82, 2.24) is 4.90 Å². The summed E-state index contributed by atoms with van der Waals surface area (Å²) in [5, 5.41) is 1.19. The van der Waals surface area contributed by atoms with Crippen LogP contribution in [0.5, 0.6) is 0 Å². The fourth-order valence-corrected chi connectivity index (χ4v) is 4.10. The van der Waals surface area contributed by atoms with Crippen LogP contribution in [0.4, 0.5) is 0 Å². The molecule has 0 radical (unpaired) electrons. The molecule has 1 aliphatic carbocycles. The molecule has 2 nitrogen and oxygen atoms in total. The molecule has 2 rings (SSSR count). The predicted molar refractivity (Wildman–Crippen MR) is 71.1 cm³/mol. The Labute approximate surface area is 108 Å². The fourth-order valence-electron chi connectivity index (χ4n) is 3.36. The van der Waals surface area contributed by atoms with Gasteiger partial charge in [-0.2, -0.15) is 0 Å². The van der Waals surface area contributed by atoms with Gasteiger partial charge in [0.05, 0.1) is 6.61 Å². The van der Waals surface area contributed by atoms with E-state index in [4.69, 9.17) is 4.74 Å². The molecule has 2 aliphatic rings. The van der Waals surface area contributed by atoms with E-state index in [2.05, 4.69) is 20.8 Å². The first kappa shape index (κ1) is 12.8. The average molecular weight is 290 g/mol. The standard InChI is InChI=1S/C13H24BrNO/c1-16-9-12-4-7-15(8-12)11-13(10-14)5-2-3-6-13/h12H,2-11H2,1H3. The molecule has 0 aromatic heterocycles. The average Bonchev–Trinajstić information content (AvgIpc) is 2.90. The molecule has 0 N–H and O–H groups in total. The quantitative estimate of drug-likeness (QED) is 0.722. The van der Waals surface area contributed by atoms with Gasteiger partial charge in [-0.05, 0) is 37.1 Å². The second-order valence-corrected chi connectivity index (χ2v) is 6.25. The fraction of sp³-hybridized carbons (Fsp3) is 1.00. The molecular weight excluding hydrogens is 266 g/mol. The molecule has 1 heterocycles. The maximum Gasteiger partial charge on any atom is 0.0503 e. The number of methoxy groups -OCH3 is 1. The van der Waals surface area contributed by atoms with Crippen LogP contribution in [0.3, 0.4) is 0 Å². The highest BCUT2D eigenvalue weighted by molar-refractivity contribution is 9.09. The zero-order chi connectivity index (χ0) is 11.4. The molecule has 1 saturated heterocycles. The summed E-state index contributed by atoms with van der Waals surface area (Å²) in [7, 11) is 1.82. The van der Waals surface area contributed by atoms with E-state index in [-0.39, 0.29) is 0 Å². The molecule has 0 aromatic carbocycles. The molecular formula is C13H24BrNO. The van der Waals surface area contributed by atoms with Crippen molar-refractivity contribution in [3.05, 3.63) is 0 Å². The van der Waals surface area contributed by atoms with Gasteiger partial charge in [0.2, 0.25) is 0 Å².